The summed E-state index contributed by atoms with van der Waals surface area (Å²) >= 11 is 1.26. The highest BCUT2D eigenvalue weighted by Crippen LogP contribution is 2.34. The Morgan fingerprint density at radius 1 is 1.21 bits per heavy atom. The number of para-hydroxylation sites is 1. The van der Waals surface area contributed by atoms with Crippen LogP contribution in [-0.4, -0.2) is 20.5 Å². The molecule has 0 aliphatic rings. The predicted octanol–water partition coefficient (Wildman–Crippen LogP) is 4.84. The van der Waals surface area contributed by atoms with Gasteiger partial charge in [0, 0.05) is 17.8 Å². The maximum Gasteiger partial charge on any atom is 0.279 e. The van der Waals surface area contributed by atoms with E-state index in [9.17, 15) is 14.0 Å². The molecule has 0 saturated heterocycles. The molecule has 4 rings (SSSR count). The van der Waals surface area contributed by atoms with Crippen LogP contribution in [-0.2, 0) is 0 Å². The highest BCUT2D eigenvalue weighted by Gasteiger charge is 2.21. The van der Waals surface area contributed by atoms with Crippen molar-refractivity contribution in [2.24, 2.45) is 0 Å². The standard InChI is InChI=1S/C21H18FN3O3S/c1-11(2)25-20(27)14(10-23-25)19(26)13-8-9-17-18(12(13)3)24-21(29-17)28-16-7-5-4-6-15(16)22/h4-11,23H,1-3H3. The number of rotatable bonds is 5. The lowest BCUT2D eigenvalue weighted by Crippen LogP contribution is -2.23. The topological polar surface area (TPSA) is 77.0 Å². The number of thiazole rings is 1. The maximum absolute atomic E-state index is 13.8. The fraction of sp³-hybridized carbons (Fsp3) is 0.190. The van der Waals surface area contributed by atoms with Crippen LogP contribution in [0.25, 0.3) is 10.2 Å². The Balaban J connectivity index is 1.72. The molecular weight excluding hydrogens is 393 g/mol. The molecule has 148 valence electrons. The molecule has 0 saturated carbocycles. The molecule has 4 aromatic rings. The van der Waals surface area contributed by atoms with Gasteiger partial charge in [0.2, 0.25) is 5.78 Å². The molecule has 0 bridgehead atoms. The molecule has 0 aliphatic heterocycles. The number of hydrogen-bond acceptors (Lipinski definition) is 5. The summed E-state index contributed by atoms with van der Waals surface area (Å²) in [6.45, 7) is 5.49. The van der Waals surface area contributed by atoms with Gasteiger partial charge in [-0.1, -0.05) is 23.5 Å². The van der Waals surface area contributed by atoms with Gasteiger partial charge in [-0.2, -0.15) is 0 Å². The van der Waals surface area contributed by atoms with Gasteiger partial charge in [0.25, 0.3) is 10.8 Å². The second-order valence-corrected chi connectivity index (χ2v) is 7.88. The van der Waals surface area contributed by atoms with Crippen LogP contribution in [0.15, 0.2) is 47.4 Å². The Labute approximate surface area is 169 Å². The predicted molar refractivity (Wildman–Crippen MR) is 110 cm³/mol. The average Bonchev–Trinajstić information content (AvgIpc) is 3.27. The third-order valence-electron chi connectivity index (χ3n) is 4.63. The highest BCUT2D eigenvalue weighted by molar-refractivity contribution is 7.20. The lowest BCUT2D eigenvalue weighted by atomic mass is 10.0. The number of hydrogen-bond donors (Lipinski definition) is 1. The van der Waals surface area contributed by atoms with Crippen molar-refractivity contribution in [3.8, 4) is 10.9 Å². The number of halogens is 1. The first-order valence-corrected chi connectivity index (χ1v) is 9.85. The zero-order valence-corrected chi connectivity index (χ0v) is 16.8. The largest absolute Gasteiger partial charge is 0.428 e. The van der Waals surface area contributed by atoms with Crippen LogP contribution in [0.4, 0.5) is 4.39 Å². The van der Waals surface area contributed by atoms with Gasteiger partial charge in [0.15, 0.2) is 11.6 Å². The molecule has 0 radical (unpaired) electrons. The molecule has 2 aromatic heterocycles. The van der Waals surface area contributed by atoms with Gasteiger partial charge >= 0.3 is 0 Å². The van der Waals surface area contributed by atoms with E-state index in [2.05, 4.69) is 10.1 Å². The number of aryl methyl sites for hydroxylation is 1. The number of H-pyrrole nitrogens is 1. The van der Waals surface area contributed by atoms with Gasteiger partial charge in [-0.05, 0) is 50.6 Å². The van der Waals surface area contributed by atoms with Crippen molar-refractivity contribution >= 4 is 27.3 Å². The number of ether oxygens (including phenoxy) is 1. The van der Waals surface area contributed by atoms with Gasteiger partial charge < -0.3 is 9.84 Å². The van der Waals surface area contributed by atoms with Crippen LogP contribution >= 0.6 is 11.3 Å². The van der Waals surface area contributed by atoms with Crippen LogP contribution in [0, 0.1) is 12.7 Å². The summed E-state index contributed by atoms with van der Waals surface area (Å²) in [6.07, 6.45) is 1.43. The summed E-state index contributed by atoms with van der Waals surface area (Å²) in [5.41, 5.74) is 1.36. The van der Waals surface area contributed by atoms with Crippen molar-refractivity contribution in [1.82, 2.24) is 14.8 Å². The normalized spacial score (nSPS) is 11.3. The third kappa shape index (κ3) is 3.36. The summed E-state index contributed by atoms with van der Waals surface area (Å²) in [6, 6.07) is 9.45. The Kier molecular flexibility index (Phi) is 4.79. The molecular formula is C21H18FN3O3S. The number of fused-ring (bicyclic) bond motifs is 1. The van der Waals surface area contributed by atoms with Gasteiger partial charge in [-0.15, -0.1) is 0 Å². The fourth-order valence-electron chi connectivity index (χ4n) is 3.09. The van der Waals surface area contributed by atoms with E-state index < -0.39 is 5.82 Å². The first-order valence-electron chi connectivity index (χ1n) is 9.04. The second kappa shape index (κ2) is 7.29. The van der Waals surface area contributed by atoms with E-state index in [1.165, 1.54) is 34.3 Å². The van der Waals surface area contributed by atoms with Crippen molar-refractivity contribution in [3.05, 3.63) is 75.5 Å². The number of carbonyl (C=O) groups is 1. The zero-order valence-electron chi connectivity index (χ0n) is 16.0. The average molecular weight is 411 g/mol. The summed E-state index contributed by atoms with van der Waals surface area (Å²) < 4.78 is 21.6. The first kappa shape index (κ1) is 19.1. The number of aromatic amines is 1. The molecule has 29 heavy (non-hydrogen) atoms. The minimum absolute atomic E-state index is 0.0794. The molecule has 0 atom stereocenters. The number of nitrogens with one attached hydrogen (secondary N) is 1. The molecule has 0 amide bonds. The van der Waals surface area contributed by atoms with E-state index in [0.29, 0.717) is 16.6 Å². The minimum atomic E-state index is -0.478. The molecule has 0 aliphatic carbocycles. The van der Waals surface area contributed by atoms with Crippen LogP contribution in [0.2, 0.25) is 0 Å². The van der Waals surface area contributed by atoms with Crippen LogP contribution in [0.5, 0.6) is 10.9 Å². The Bertz CT molecular complexity index is 1290. The lowest BCUT2D eigenvalue weighted by Gasteiger charge is -2.05. The van der Waals surface area contributed by atoms with Crippen LogP contribution < -0.4 is 10.3 Å². The molecule has 8 heteroatoms. The monoisotopic (exact) mass is 411 g/mol. The molecule has 1 N–H and O–H groups in total. The van der Waals surface area contributed by atoms with E-state index in [0.717, 1.165) is 4.70 Å². The van der Waals surface area contributed by atoms with Crippen molar-refractivity contribution in [1.29, 1.82) is 0 Å². The second-order valence-electron chi connectivity index (χ2n) is 6.88. The number of ketones is 1. The maximum atomic E-state index is 13.8. The Morgan fingerprint density at radius 3 is 2.66 bits per heavy atom. The number of nitrogens with zero attached hydrogens (tertiary/aromatic N) is 2. The van der Waals surface area contributed by atoms with Crippen LogP contribution in [0.1, 0.15) is 41.4 Å². The molecule has 2 aromatic carbocycles. The van der Waals surface area contributed by atoms with Crippen molar-refractivity contribution in [3.63, 3.8) is 0 Å². The molecule has 0 spiro atoms. The number of benzene rings is 2. The SMILES string of the molecule is Cc1c(C(=O)c2c[nH]n(C(C)C)c2=O)ccc2sc(Oc3ccccc3F)nc12. The minimum Gasteiger partial charge on any atom is -0.428 e. The van der Waals surface area contributed by atoms with Crippen molar-refractivity contribution < 1.29 is 13.9 Å². The van der Waals surface area contributed by atoms with Crippen molar-refractivity contribution in [2.45, 2.75) is 26.8 Å². The van der Waals surface area contributed by atoms with Gasteiger partial charge in [-0.3, -0.25) is 14.3 Å². The summed E-state index contributed by atoms with van der Waals surface area (Å²) in [5, 5.41) is 3.11. The van der Waals surface area contributed by atoms with E-state index in [1.807, 2.05) is 13.8 Å². The van der Waals surface area contributed by atoms with E-state index >= 15 is 0 Å². The first-order chi connectivity index (χ1) is 13.9. The number of aromatic nitrogens is 3. The van der Waals surface area contributed by atoms with Crippen LogP contribution in [0.3, 0.4) is 0 Å². The summed E-state index contributed by atoms with van der Waals surface area (Å²) in [7, 11) is 0. The molecule has 0 fully saturated rings. The van der Waals surface area contributed by atoms with Gasteiger partial charge in [0.1, 0.15) is 5.56 Å². The molecule has 2 heterocycles. The lowest BCUT2D eigenvalue weighted by molar-refractivity contribution is 0.103. The molecule has 6 nitrogen and oxygen atoms in total. The highest BCUT2D eigenvalue weighted by atomic mass is 32.1. The van der Waals surface area contributed by atoms with Gasteiger partial charge in [-0.25, -0.2) is 9.37 Å². The summed E-state index contributed by atoms with van der Waals surface area (Å²) in [5.74, 6) is -0.759. The van der Waals surface area contributed by atoms with E-state index in [1.54, 1.807) is 31.2 Å². The smallest absolute Gasteiger partial charge is 0.279 e. The third-order valence-corrected chi connectivity index (χ3v) is 5.53. The quantitative estimate of drug-likeness (QED) is 0.477. The molecule has 0 unspecified atom stereocenters. The van der Waals surface area contributed by atoms with Crippen molar-refractivity contribution in [2.75, 3.05) is 0 Å². The zero-order chi connectivity index (χ0) is 20.7. The Hall–Kier alpha value is -3.26. The van der Waals surface area contributed by atoms with E-state index in [4.69, 9.17) is 4.74 Å². The van der Waals surface area contributed by atoms with E-state index in [-0.39, 0.29) is 33.9 Å². The Morgan fingerprint density at radius 2 is 1.97 bits per heavy atom. The number of carbonyl (C=O) groups excluding carboxylic acids is 1. The fourth-order valence-corrected chi connectivity index (χ4v) is 3.98. The van der Waals surface area contributed by atoms with Gasteiger partial charge in [0.05, 0.1) is 10.2 Å². The summed E-state index contributed by atoms with van der Waals surface area (Å²) in [4.78, 5) is 29.9.